The van der Waals surface area contributed by atoms with Gasteiger partial charge in [-0.15, -0.1) is 0 Å². The Morgan fingerprint density at radius 1 is 1.23 bits per heavy atom. The minimum Gasteiger partial charge on any atom is -0.465 e. The van der Waals surface area contributed by atoms with Gasteiger partial charge >= 0.3 is 6.03 Å². The summed E-state index contributed by atoms with van der Waals surface area (Å²) in [4.78, 5) is 29.1. The number of hydrogen-bond acceptors (Lipinski definition) is 4. The van der Waals surface area contributed by atoms with Crippen LogP contribution >= 0.6 is 0 Å². The van der Waals surface area contributed by atoms with Crippen LogP contribution in [-0.4, -0.2) is 48.2 Å². The Morgan fingerprint density at radius 3 is 2.97 bits per heavy atom. The number of ether oxygens (including phenoxy) is 2. The Hall–Kier alpha value is -3.13. The molecule has 3 amide bonds. The van der Waals surface area contributed by atoms with Gasteiger partial charge in [0, 0.05) is 24.7 Å². The molecule has 2 aromatic rings. The summed E-state index contributed by atoms with van der Waals surface area (Å²) < 4.78 is 24.6. The molecule has 5 rings (SSSR count). The van der Waals surface area contributed by atoms with E-state index in [-0.39, 0.29) is 37.6 Å². The molecule has 1 unspecified atom stereocenters. The van der Waals surface area contributed by atoms with Gasteiger partial charge in [0.15, 0.2) is 12.5 Å². The summed E-state index contributed by atoms with van der Waals surface area (Å²) in [6.45, 7) is 3.33. The number of amides is 3. The summed E-state index contributed by atoms with van der Waals surface area (Å²) in [7, 11) is 0. The number of nitrogens with one attached hydrogen (secondary N) is 1. The van der Waals surface area contributed by atoms with Crippen molar-refractivity contribution in [3.05, 3.63) is 58.4 Å². The van der Waals surface area contributed by atoms with Crippen molar-refractivity contribution in [2.24, 2.45) is 0 Å². The zero-order chi connectivity index (χ0) is 20.8. The Labute approximate surface area is 173 Å². The molecule has 3 aliphatic rings. The summed E-state index contributed by atoms with van der Waals surface area (Å²) >= 11 is 0. The van der Waals surface area contributed by atoms with Crippen molar-refractivity contribution in [2.75, 3.05) is 31.7 Å². The molecule has 30 heavy (non-hydrogen) atoms. The third kappa shape index (κ3) is 3.27. The first-order valence-corrected chi connectivity index (χ1v) is 9.97. The van der Waals surface area contributed by atoms with E-state index in [0.29, 0.717) is 24.4 Å². The lowest BCUT2D eigenvalue weighted by molar-refractivity contribution is -0.139. The molecular formula is C22H22FN3O4. The molecule has 1 fully saturated rings. The van der Waals surface area contributed by atoms with Gasteiger partial charge in [-0.05, 0) is 30.5 Å². The molecule has 0 saturated carbocycles. The van der Waals surface area contributed by atoms with E-state index in [1.165, 1.54) is 28.2 Å². The minimum absolute atomic E-state index is 0.00893. The second-order valence-electron chi connectivity index (χ2n) is 7.92. The lowest BCUT2D eigenvalue weighted by Crippen LogP contribution is -2.56. The quantitative estimate of drug-likeness (QED) is 0.783. The summed E-state index contributed by atoms with van der Waals surface area (Å²) in [5.74, 6) is -0.173. The first-order valence-electron chi connectivity index (χ1n) is 9.97. The highest BCUT2D eigenvalue weighted by Gasteiger charge is 2.38. The van der Waals surface area contributed by atoms with Crippen molar-refractivity contribution in [2.45, 2.75) is 26.0 Å². The minimum atomic E-state index is -0.490. The number of carbonyl (C=O) groups excluding carboxylic acids is 2. The summed E-state index contributed by atoms with van der Waals surface area (Å²) in [6, 6.07) is 8.15. The Morgan fingerprint density at radius 2 is 2.10 bits per heavy atom. The third-order valence-electron chi connectivity index (χ3n) is 5.90. The van der Waals surface area contributed by atoms with E-state index in [4.69, 9.17) is 9.47 Å². The second-order valence-corrected chi connectivity index (χ2v) is 7.92. The van der Waals surface area contributed by atoms with Gasteiger partial charge in [0.25, 0.3) is 0 Å². The van der Waals surface area contributed by atoms with Gasteiger partial charge in [-0.1, -0.05) is 23.8 Å². The largest absolute Gasteiger partial charge is 0.465 e. The standard InChI is InChI=1S/C22H22FN3O4/c1-13-2-3-17-14(6-13)4-5-26-19(17)9-25(10-20(26)27)22(28)24-18-8-16(23)7-15-11-29-12-30-21(15)18/h2-3,6-8,19H,4-5,9-12H2,1H3,(H,24,28). The average molecular weight is 411 g/mol. The van der Waals surface area contributed by atoms with Crippen LogP contribution in [0.2, 0.25) is 0 Å². The third-order valence-corrected chi connectivity index (χ3v) is 5.90. The van der Waals surface area contributed by atoms with Crippen molar-refractivity contribution in [3.63, 3.8) is 0 Å². The van der Waals surface area contributed by atoms with Gasteiger partial charge < -0.3 is 24.6 Å². The number of carbonyl (C=O) groups is 2. The van der Waals surface area contributed by atoms with Crippen LogP contribution in [0.25, 0.3) is 0 Å². The maximum absolute atomic E-state index is 14.0. The van der Waals surface area contributed by atoms with E-state index in [2.05, 4.69) is 11.4 Å². The van der Waals surface area contributed by atoms with Gasteiger partial charge in [-0.2, -0.15) is 0 Å². The van der Waals surface area contributed by atoms with Gasteiger partial charge in [-0.3, -0.25) is 4.79 Å². The number of halogens is 1. The molecule has 0 aromatic heterocycles. The van der Waals surface area contributed by atoms with Crippen LogP contribution in [0.3, 0.4) is 0 Å². The van der Waals surface area contributed by atoms with Crippen molar-refractivity contribution in [1.29, 1.82) is 0 Å². The van der Waals surface area contributed by atoms with E-state index in [0.717, 1.165) is 12.0 Å². The van der Waals surface area contributed by atoms with Crippen LogP contribution in [0, 0.1) is 12.7 Å². The van der Waals surface area contributed by atoms with Gasteiger partial charge in [0.1, 0.15) is 12.4 Å². The Bertz CT molecular complexity index is 1040. The van der Waals surface area contributed by atoms with Crippen molar-refractivity contribution >= 4 is 17.6 Å². The van der Waals surface area contributed by atoms with Gasteiger partial charge in [-0.25, -0.2) is 9.18 Å². The highest BCUT2D eigenvalue weighted by Crippen LogP contribution is 2.36. The highest BCUT2D eigenvalue weighted by atomic mass is 19.1. The first kappa shape index (κ1) is 18.9. The Balaban J connectivity index is 1.39. The molecule has 0 spiro atoms. The van der Waals surface area contributed by atoms with Crippen molar-refractivity contribution in [3.8, 4) is 5.75 Å². The van der Waals surface area contributed by atoms with E-state index in [1.54, 1.807) is 0 Å². The number of hydrogen-bond donors (Lipinski definition) is 1. The number of anilines is 1. The predicted molar refractivity (Wildman–Crippen MR) is 107 cm³/mol. The monoisotopic (exact) mass is 411 g/mol. The molecule has 8 heteroatoms. The molecule has 0 radical (unpaired) electrons. The van der Waals surface area contributed by atoms with Crippen LogP contribution < -0.4 is 10.1 Å². The zero-order valence-corrected chi connectivity index (χ0v) is 16.6. The number of rotatable bonds is 1. The normalized spacial score (nSPS) is 20.1. The van der Waals surface area contributed by atoms with E-state index < -0.39 is 11.8 Å². The number of benzene rings is 2. The predicted octanol–water partition coefficient (Wildman–Crippen LogP) is 2.97. The van der Waals surface area contributed by atoms with Crippen LogP contribution in [-0.2, 0) is 22.6 Å². The van der Waals surface area contributed by atoms with Crippen LogP contribution in [0.4, 0.5) is 14.9 Å². The summed E-state index contributed by atoms with van der Waals surface area (Å²) in [5, 5.41) is 2.73. The summed E-state index contributed by atoms with van der Waals surface area (Å²) in [5.41, 5.74) is 4.26. The van der Waals surface area contributed by atoms with Crippen molar-refractivity contribution in [1.82, 2.24) is 9.80 Å². The molecule has 3 aliphatic heterocycles. The molecule has 0 bridgehead atoms. The fourth-order valence-corrected chi connectivity index (χ4v) is 4.49. The maximum Gasteiger partial charge on any atom is 0.322 e. The van der Waals surface area contributed by atoms with E-state index >= 15 is 0 Å². The number of fused-ring (bicyclic) bond motifs is 4. The Kier molecular flexibility index (Phi) is 4.58. The number of piperazine rings is 1. The van der Waals surface area contributed by atoms with Crippen LogP contribution in [0.5, 0.6) is 5.75 Å². The van der Waals surface area contributed by atoms with Crippen LogP contribution in [0.15, 0.2) is 30.3 Å². The number of aryl methyl sites for hydroxylation is 1. The highest BCUT2D eigenvalue weighted by molar-refractivity contribution is 5.94. The molecule has 156 valence electrons. The number of urea groups is 1. The number of nitrogens with zero attached hydrogens (tertiary/aromatic N) is 2. The molecule has 1 N–H and O–H groups in total. The van der Waals surface area contributed by atoms with E-state index in [1.807, 2.05) is 24.0 Å². The average Bonchev–Trinajstić information content (AvgIpc) is 2.73. The fourth-order valence-electron chi connectivity index (χ4n) is 4.49. The van der Waals surface area contributed by atoms with Crippen LogP contribution in [0.1, 0.15) is 28.3 Å². The zero-order valence-electron chi connectivity index (χ0n) is 16.6. The smallest absolute Gasteiger partial charge is 0.322 e. The lowest BCUT2D eigenvalue weighted by atomic mass is 9.89. The molecule has 0 aliphatic carbocycles. The van der Waals surface area contributed by atoms with Gasteiger partial charge in [0.2, 0.25) is 5.91 Å². The van der Waals surface area contributed by atoms with Crippen molar-refractivity contribution < 1.29 is 23.5 Å². The lowest BCUT2D eigenvalue weighted by Gasteiger charge is -2.44. The maximum atomic E-state index is 14.0. The van der Waals surface area contributed by atoms with Gasteiger partial charge in [0.05, 0.1) is 18.3 Å². The second kappa shape index (κ2) is 7.28. The molecule has 2 aromatic carbocycles. The molecule has 7 nitrogen and oxygen atoms in total. The summed E-state index contributed by atoms with van der Waals surface area (Å²) in [6.07, 6.45) is 0.820. The fraction of sp³-hybridized carbons (Fsp3) is 0.364. The van der Waals surface area contributed by atoms with E-state index in [9.17, 15) is 14.0 Å². The molecule has 3 heterocycles. The molecular weight excluding hydrogens is 389 g/mol. The molecule has 1 atom stereocenters. The SMILES string of the molecule is Cc1ccc2c(c1)CCN1C(=O)CN(C(=O)Nc3cc(F)cc4c3OCOC4)CC21. The topological polar surface area (TPSA) is 71.1 Å². The molecule has 1 saturated heterocycles. The first-order chi connectivity index (χ1) is 14.5.